The highest BCUT2D eigenvalue weighted by atomic mass is 35.5. The highest BCUT2D eigenvalue weighted by molar-refractivity contribution is 6.30. The van der Waals surface area contributed by atoms with Gasteiger partial charge in [-0.25, -0.2) is 0 Å². The van der Waals surface area contributed by atoms with Gasteiger partial charge in [0.05, 0.1) is 19.3 Å². The van der Waals surface area contributed by atoms with Gasteiger partial charge in [-0.3, -0.25) is 4.90 Å². The number of hydrogen-bond acceptors (Lipinski definition) is 4. The monoisotopic (exact) mass is 270 g/mol. The molecule has 4 nitrogen and oxygen atoms in total. The van der Waals surface area contributed by atoms with E-state index in [4.69, 9.17) is 27.2 Å². The molecule has 1 heterocycles. The fourth-order valence-electron chi connectivity index (χ4n) is 2.32. The molecule has 2 rings (SSSR count). The number of halogens is 1. The van der Waals surface area contributed by atoms with Crippen molar-refractivity contribution in [3.8, 4) is 0 Å². The maximum absolute atomic E-state index is 9.17. The summed E-state index contributed by atoms with van der Waals surface area (Å²) in [5, 5.41) is 9.90. The van der Waals surface area contributed by atoms with Crippen LogP contribution in [0.1, 0.15) is 11.6 Å². The Morgan fingerprint density at radius 2 is 2.17 bits per heavy atom. The number of hydrogen-bond donors (Lipinski definition) is 2. The third kappa shape index (κ3) is 3.22. The average molecular weight is 271 g/mol. The summed E-state index contributed by atoms with van der Waals surface area (Å²) in [5.41, 5.74) is 7.04. The quantitative estimate of drug-likeness (QED) is 0.858. The van der Waals surface area contributed by atoms with Crippen molar-refractivity contribution in [2.24, 2.45) is 5.73 Å². The normalized spacial score (nSPS) is 22.9. The standard InChI is InChI=1S/C13H19ClN2O2/c14-11-3-1-10(2-4-11)13(7-15)16-5-6-18-12(8-16)9-17/h1-4,12-13,17H,5-9,15H2. The highest BCUT2D eigenvalue weighted by Gasteiger charge is 2.26. The fraction of sp³-hybridized carbons (Fsp3) is 0.538. The summed E-state index contributed by atoms with van der Waals surface area (Å²) in [6.45, 7) is 2.77. The number of morpholine rings is 1. The smallest absolute Gasteiger partial charge is 0.0933 e. The first-order valence-corrected chi connectivity index (χ1v) is 6.54. The minimum absolute atomic E-state index is 0.0500. The second-order valence-electron chi connectivity index (χ2n) is 4.47. The first kappa shape index (κ1) is 13.8. The molecule has 1 aliphatic rings. The molecule has 0 aromatic heterocycles. The van der Waals surface area contributed by atoms with Gasteiger partial charge in [-0.2, -0.15) is 0 Å². The molecular weight excluding hydrogens is 252 g/mol. The Kier molecular flexibility index (Phi) is 4.97. The van der Waals surface area contributed by atoms with Gasteiger partial charge in [-0.05, 0) is 17.7 Å². The molecule has 0 bridgehead atoms. The summed E-state index contributed by atoms with van der Waals surface area (Å²) in [6, 6.07) is 7.92. The summed E-state index contributed by atoms with van der Waals surface area (Å²) in [6.07, 6.45) is -0.111. The molecule has 1 saturated heterocycles. The Morgan fingerprint density at radius 1 is 1.44 bits per heavy atom. The molecule has 1 aliphatic heterocycles. The van der Waals surface area contributed by atoms with Gasteiger partial charge in [-0.1, -0.05) is 23.7 Å². The summed E-state index contributed by atoms with van der Waals surface area (Å²) >= 11 is 5.89. The Hall–Kier alpha value is -0.650. The van der Waals surface area contributed by atoms with Crippen LogP contribution in [-0.4, -0.2) is 49.0 Å². The topological polar surface area (TPSA) is 58.7 Å². The van der Waals surface area contributed by atoms with Crippen molar-refractivity contribution in [1.29, 1.82) is 0 Å². The van der Waals surface area contributed by atoms with Crippen LogP contribution < -0.4 is 5.73 Å². The number of nitrogens with zero attached hydrogens (tertiary/aromatic N) is 1. The van der Waals surface area contributed by atoms with E-state index in [9.17, 15) is 0 Å². The van der Waals surface area contributed by atoms with Gasteiger partial charge in [-0.15, -0.1) is 0 Å². The lowest BCUT2D eigenvalue weighted by Gasteiger charge is -2.37. The van der Waals surface area contributed by atoms with Crippen molar-refractivity contribution >= 4 is 11.6 Å². The van der Waals surface area contributed by atoms with E-state index < -0.39 is 0 Å². The number of aliphatic hydroxyl groups is 1. The van der Waals surface area contributed by atoms with E-state index in [1.807, 2.05) is 24.3 Å². The molecule has 0 aliphatic carbocycles. The number of ether oxygens (including phenoxy) is 1. The van der Waals surface area contributed by atoms with Gasteiger partial charge in [0.15, 0.2) is 0 Å². The van der Waals surface area contributed by atoms with E-state index in [1.165, 1.54) is 0 Å². The third-order valence-corrected chi connectivity index (χ3v) is 3.54. The summed E-state index contributed by atoms with van der Waals surface area (Å²) in [7, 11) is 0. The Morgan fingerprint density at radius 3 is 2.78 bits per heavy atom. The van der Waals surface area contributed by atoms with Crippen molar-refractivity contribution in [2.45, 2.75) is 12.1 Å². The minimum Gasteiger partial charge on any atom is -0.394 e. The zero-order valence-corrected chi connectivity index (χ0v) is 11.0. The van der Waals surface area contributed by atoms with Crippen LogP contribution >= 0.6 is 11.6 Å². The predicted molar refractivity (Wildman–Crippen MR) is 71.6 cm³/mol. The van der Waals surface area contributed by atoms with Crippen LogP contribution in [0, 0.1) is 0 Å². The number of benzene rings is 1. The van der Waals surface area contributed by atoms with Gasteiger partial charge in [0.2, 0.25) is 0 Å². The molecule has 0 spiro atoms. The molecule has 1 aromatic rings. The van der Waals surface area contributed by atoms with Gasteiger partial charge < -0.3 is 15.6 Å². The van der Waals surface area contributed by atoms with E-state index in [1.54, 1.807) is 0 Å². The SMILES string of the molecule is NCC(c1ccc(Cl)cc1)N1CCOC(CO)C1. The molecule has 3 N–H and O–H groups in total. The molecule has 5 heteroatoms. The number of aliphatic hydroxyl groups excluding tert-OH is 1. The molecule has 0 amide bonds. The molecular formula is C13H19ClN2O2. The molecule has 1 fully saturated rings. The van der Waals surface area contributed by atoms with Gasteiger partial charge in [0.1, 0.15) is 0 Å². The average Bonchev–Trinajstić information content (AvgIpc) is 2.42. The largest absolute Gasteiger partial charge is 0.394 e. The Bertz CT molecular complexity index is 372. The maximum atomic E-state index is 9.17. The van der Waals surface area contributed by atoms with Crippen molar-refractivity contribution in [1.82, 2.24) is 4.90 Å². The lowest BCUT2D eigenvalue weighted by Crippen LogP contribution is -2.47. The number of nitrogens with two attached hydrogens (primary N) is 1. The van der Waals surface area contributed by atoms with Crippen LogP contribution in [0.3, 0.4) is 0 Å². The predicted octanol–water partition coefficient (Wildman–Crippen LogP) is 1.03. The summed E-state index contributed by atoms with van der Waals surface area (Å²) < 4.78 is 5.45. The van der Waals surface area contributed by atoms with Gasteiger partial charge in [0.25, 0.3) is 0 Å². The minimum atomic E-state index is -0.111. The zero-order valence-electron chi connectivity index (χ0n) is 10.3. The first-order valence-electron chi connectivity index (χ1n) is 6.16. The first-order chi connectivity index (χ1) is 8.74. The highest BCUT2D eigenvalue weighted by Crippen LogP contribution is 2.23. The van der Waals surface area contributed by atoms with E-state index in [-0.39, 0.29) is 18.8 Å². The zero-order chi connectivity index (χ0) is 13.0. The molecule has 1 aromatic carbocycles. The van der Waals surface area contributed by atoms with Crippen molar-refractivity contribution in [3.05, 3.63) is 34.9 Å². The van der Waals surface area contributed by atoms with Gasteiger partial charge in [0, 0.05) is 30.7 Å². The van der Waals surface area contributed by atoms with Crippen LogP contribution in [0.5, 0.6) is 0 Å². The van der Waals surface area contributed by atoms with E-state index >= 15 is 0 Å². The van der Waals surface area contributed by atoms with Gasteiger partial charge >= 0.3 is 0 Å². The fourth-order valence-corrected chi connectivity index (χ4v) is 2.44. The van der Waals surface area contributed by atoms with E-state index in [0.717, 1.165) is 17.1 Å². The molecule has 0 radical (unpaired) electrons. The summed E-state index contributed by atoms with van der Waals surface area (Å²) in [4.78, 5) is 2.26. The van der Waals surface area contributed by atoms with Crippen molar-refractivity contribution < 1.29 is 9.84 Å². The van der Waals surface area contributed by atoms with Crippen LogP contribution in [-0.2, 0) is 4.74 Å². The van der Waals surface area contributed by atoms with Crippen LogP contribution in [0.4, 0.5) is 0 Å². The second kappa shape index (κ2) is 6.50. The van der Waals surface area contributed by atoms with Crippen LogP contribution in [0.15, 0.2) is 24.3 Å². The maximum Gasteiger partial charge on any atom is 0.0933 e. The number of rotatable bonds is 4. The van der Waals surface area contributed by atoms with Crippen molar-refractivity contribution in [2.75, 3.05) is 32.8 Å². The van der Waals surface area contributed by atoms with Crippen LogP contribution in [0.25, 0.3) is 0 Å². The van der Waals surface area contributed by atoms with E-state index in [2.05, 4.69) is 4.90 Å². The molecule has 100 valence electrons. The Balaban J connectivity index is 2.10. The third-order valence-electron chi connectivity index (χ3n) is 3.29. The molecule has 0 saturated carbocycles. The molecule has 2 atom stereocenters. The molecule has 2 unspecified atom stereocenters. The lowest BCUT2D eigenvalue weighted by molar-refractivity contribution is -0.0643. The lowest BCUT2D eigenvalue weighted by atomic mass is 10.0. The van der Waals surface area contributed by atoms with E-state index in [0.29, 0.717) is 19.7 Å². The second-order valence-corrected chi connectivity index (χ2v) is 4.91. The molecule has 18 heavy (non-hydrogen) atoms. The van der Waals surface area contributed by atoms with Crippen LogP contribution in [0.2, 0.25) is 5.02 Å². The van der Waals surface area contributed by atoms with Crippen molar-refractivity contribution in [3.63, 3.8) is 0 Å². The Labute approximate surface area is 112 Å². The summed E-state index contributed by atoms with van der Waals surface area (Å²) in [5.74, 6) is 0.